The molecule has 0 aromatic heterocycles. The molecule has 0 aliphatic carbocycles. The number of phenolic OH excluding ortho intramolecular Hbond substituents is 4. The van der Waals surface area contributed by atoms with Crippen LogP contribution in [-0.4, -0.2) is 43.6 Å². The molecule has 8 heteroatoms. The predicted molar refractivity (Wildman–Crippen MR) is 336 cm³/mol. The van der Waals surface area contributed by atoms with Crippen LogP contribution in [0.4, 0.5) is 0 Å². The number of carbonyl (C=O) groups is 4. The van der Waals surface area contributed by atoms with Gasteiger partial charge in [0, 0.05) is 51.4 Å². The van der Waals surface area contributed by atoms with Crippen molar-refractivity contribution in [3.05, 3.63) is 115 Å². The van der Waals surface area contributed by atoms with E-state index in [0.29, 0.717) is 25.7 Å². The molecule has 0 aliphatic heterocycles. The lowest BCUT2D eigenvalue weighted by molar-refractivity contribution is -0.130. The first-order chi connectivity index (χ1) is 36.4. The molecule has 8 nitrogen and oxygen atoms in total. The Morgan fingerprint density at radius 3 is 0.494 bits per heavy atom. The molecule has 0 spiro atoms. The van der Waals surface area contributed by atoms with Gasteiger partial charge in [-0.1, -0.05) is 215 Å². The number of rotatable bonds is 20. The first-order valence-electron chi connectivity index (χ1n) is 30.0. The number of ketones is 4. The Labute approximate surface area is 490 Å². The van der Waals surface area contributed by atoms with E-state index >= 15 is 0 Å². The second kappa shape index (κ2) is 24.5. The maximum Gasteiger partial charge on any atom is 0.133 e. The van der Waals surface area contributed by atoms with E-state index in [-0.39, 0.29) is 141 Å². The van der Waals surface area contributed by atoms with E-state index in [1.54, 1.807) is 0 Å². The van der Waals surface area contributed by atoms with Crippen molar-refractivity contribution in [2.75, 3.05) is 0 Å². The number of Topliss-reactive ketones (excluding diaryl/α,β-unsaturated/α-hetero) is 4. The molecule has 0 bridgehead atoms. The fraction of sp³-hybridized carbons (Fsp3) is 0.616. The van der Waals surface area contributed by atoms with E-state index in [1.165, 1.54) is 0 Å². The van der Waals surface area contributed by atoms with E-state index in [2.05, 4.69) is 166 Å². The maximum atomic E-state index is 15.0. The highest BCUT2D eigenvalue weighted by atomic mass is 16.3. The monoisotopic (exact) mass is 1110 g/mol. The fourth-order valence-corrected chi connectivity index (χ4v) is 11.5. The lowest BCUT2D eigenvalue weighted by Gasteiger charge is -2.33. The summed E-state index contributed by atoms with van der Waals surface area (Å²) in [4.78, 5) is 59.9. The van der Waals surface area contributed by atoms with Crippen molar-refractivity contribution in [1.82, 2.24) is 0 Å². The Morgan fingerprint density at radius 2 is 0.383 bits per heavy atom. The zero-order chi connectivity index (χ0) is 62.2. The predicted octanol–water partition coefficient (Wildman–Crippen LogP) is 17.5. The first-order valence-corrected chi connectivity index (χ1v) is 30.0. The molecular formula is C73H108O8. The van der Waals surface area contributed by atoms with Crippen LogP contribution in [-0.2, 0) is 88.2 Å². The average molecular weight is 1110 g/mol. The molecule has 0 fully saturated rings. The molecule has 0 saturated carbocycles. The van der Waals surface area contributed by atoms with Crippen LogP contribution in [0.2, 0.25) is 0 Å². The smallest absolute Gasteiger partial charge is 0.133 e. The van der Waals surface area contributed by atoms with E-state index in [1.807, 2.05) is 48.5 Å². The molecule has 0 radical (unpaired) electrons. The molecule has 4 rings (SSSR count). The summed E-state index contributed by atoms with van der Waals surface area (Å²) in [6.45, 7) is 49.4. The van der Waals surface area contributed by atoms with Gasteiger partial charge in [0.25, 0.3) is 0 Å². The molecule has 4 N–H and O–H groups in total. The quantitative estimate of drug-likeness (QED) is 0.0684. The molecule has 0 unspecified atom stereocenters. The molecule has 0 atom stereocenters. The number of hydrogen-bond donors (Lipinski definition) is 4. The highest BCUT2D eigenvalue weighted by Crippen LogP contribution is 2.46. The molecule has 448 valence electrons. The fourth-order valence-electron chi connectivity index (χ4n) is 11.5. The zero-order valence-corrected chi connectivity index (χ0v) is 55.0. The number of carbonyl (C=O) groups excluding carboxylic acids is 4. The third-order valence-corrected chi connectivity index (χ3v) is 16.2. The van der Waals surface area contributed by atoms with Crippen LogP contribution in [0.1, 0.15) is 284 Å². The molecule has 81 heavy (non-hydrogen) atoms. The third kappa shape index (κ3) is 18.4. The van der Waals surface area contributed by atoms with Gasteiger partial charge in [-0.2, -0.15) is 0 Å². The SMILES string of the molecule is CC(C)(C)c1cc(CCC(=O)CC(CC(=O)CCc2cc(C(C)(C)C)c(O)c(C(C)(C)C)c2)(CC(=O)CCc2cc(C(C)(C)C)c(O)c(C(C)(C)C)c2)CC(=O)CCc2cc(C(C)(C)C)c(O)c(C(C)(C)C)c2)cc(C(C)(C)C)c1O. The van der Waals surface area contributed by atoms with Crippen molar-refractivity contribution < 1.29 is 39.6 Å². The summed E-state index contributed by atoms with van der Waals surface area (Å²) in [5.74, 6) is 0.407. The summed E-state index contributed by atoms with van der Waals surface area (Å²) in [7, 11) is 0. The van der Waals surface area contributed by atoms with Gasteiger partial charge >= 0.3 is 0 Å². The van der Waals surface area contributed by atoms with Gasteiger partial charge in [0.15, 0.2) is 0 Å². The molecule has 0 amide bonds. The van der Waals surface area contributed by atoms with Crippen LogP contribution in [0.25, 0.3) is 0 Å². The summed E-state index contributed by atoms with van der Waals surface area (Å²) in [5, 5.41) is 46.2. The second-order valence-corrected chi connectivity index (χ2v) is 32.5. The van der Waals surface area contributed by atoms with Crippen molar-refractivity contribution in [1.29, 1.82) is 0 Å². The second-order valence-electron chi connectivity index (χ2n) is 32.5. The van der Waals surface area contributed by atoms with Crippen LogP contribution in [0.5, 0.6) is 23.0 Å². The minimum Gasteiger partial charge on any atom is -0.507 e. The van der Waals surface area contributed by atoms with Gasteiger partial charge in [-0.05, 0) is 141 Å². The normalized spacial score (nSPS) is 13.4. The van der Waals surface area contributed by atoms with Crippen LogP contribution in [0, 0.1) is 5.41 Å². The van der Waals surface area contributed by atoms with E-state index in [0.717, 1.165) is 66.8 Å². The van der Waals surface area contributed by atoms with Crippen molar-refractivity contribution in [3.8, 4) is 23.0 Å². The summed E-state index contributed by atoms with van der Waals surface area (Å²) in [6.07, 6.45) is 1.25. The van der Waals surface area contributed by atoms with Crippen LogP contribution < -0.4 is 0 Å². The van der Waals surface area contributed by atoms with Gasteiger partial charge in [-0.25, -0.2) is 0 Å². The average Bonchev–Trinajstić information content (AvgIpc) is 3.26. The van der Waals surface area contributed by atoms with E-state index in [9.17, 15) is 39.6 Å². The number of phenols is 4. The molecular weight excluding hydrogens is 1000 g/mol. The van der Waals surface area contributed by atoms with Crippen molar-refractivity contribution >= 4 is 23.1 Å². The van der Waals surface area contributed by atoms with Gasteiger partial charge in [-0.3, -0.25) is 19.2 Å². The third-order valence-electron chi connectivity index (χ3n) is 16.2. The lowest BCUT2D eigenvalue weighted by Crippen LogP contribution is -2.33. The Balaban J connectivity index is 1.89. The van der Waals surface area contributed by atoms with Crippen molar-refractivity contribution in [2.24, 2.45) is 5.41 Å². The van der Waals surface area contributed by atoms with Gasteiger partial charge in [0.2, 0.25) is 0 Å². The summed E-state index contributed by atoms with van der Waals surface area (Å²) < 4.78 is 0. The highest BCUT2D eigenvalue weighted by Gasteiger charge is 2.40. The molecule has 4 aromatic carbocycles. The number of aryl methyl sites for hydroxylation is 4. The van der Waals surface area contributed by atoms with Crippen LogP contribution >= 0.6 is 0 Å². The van der Waals surface area contributed by atoms with Gasteiger partial charge in [0.05, 0.1) is 0 Å². The van der Waals surface area contributed by atoms with Crippen molar-refractivity contribution in [2.45, 2.75) is 287 Å². The summed E-state index contributed by atoms with van der Waals surface area (Å²) >= 11 is 0. The Morgan fingerprint density at radius 1 is 0.259 bits per heavy atom. The van der Waals surface area contributed by atoms with E-state index in [4.69, 9.17) is 0 Å². The van der Waals surface area contributed by atoms with Gasteiger partial charge in [0.1, 0.15) is 46.1 Å². The standard InChI is InChI=1S/C73H108O8/c1-65(2,3)53-33-45(34-54(61(53)78)66(4,5)6)25-29-49(74)41-73(42-50(75)30-26-46-35-55(67(7,8)9)62(79)56(36-46)68(10,11)12,43-51(76)31-27-47-37-57(69(13,14)15)63(80)58(38-47)70(16,17)18)44-52(77)32-28-48-39-59(71(19,20)21)64(81)60(40-48)72(22,23)24/h33-40,78-81H,25-32,41-44H2,1-24H3. The number of benzene rings is 4. The van der Waals surface area contributed by atoms with Crippen LogP contribution in [0.15, 0.2) is 48.5 Å². The first kappa shape index (κ1) is 68.3. The Bertz CT molecular complexity index is 2400. The van der Waals surface area contributed by atoms with E-state index < -0.39 is 5.41 Å². The van der Waals surface area contributed by atoms with Gasteiger partial charge < -0.3 is 20.4 Å². The lowest BCUT2D eigenvalue weighted by atomic mass is 9.69. The van der Waals surface area contributed by atoms with Gasteiger partial charge in [-0.15, -0.1) is 0 Å². The molecule has 0 aliphatic rings. The summed E-state index contributed by atoms with van der Waals surface area (Å²) in [6, 6.07) is 15.9. The Kier molecular flexibility index (Phi) is 20.7. The van der Waals surface area contributed by atoms with Crippen molar-refractivity contribution in [3.63, 3.8) is 0 Å². The largest absolute Gasteiger partial charge is 0.507 e. The maximum absolute atomic E-state index is 15.0. The molecule has 0 saturated heterocycles. The minimum atomic E-state index is -1.34. The number of hydrogen-bond acceptors (Lipinski definition) is 8. The molecule has 4 aromatic rings. The molecule has 0 heterocycles. The summed E-state index contributed by atoms with van der Waals surface area (Å²) in [5.41, 5.74) is 5.58. The topological polar surface area (TPSA) is 149 Å². The number of aromatic hydroxyl groups is 4. The minimum absolute atomic E-state index is 0.103. The highest BCUT2D eigenvalue weighted by molar-refractivity contribution is 5.89. The zero-order valence-electron chi connectivity index (χ0n) is 55.0. The van der Waals surface area contributed by atoms with Crippen LogP contribution in [0.3, 0.4) is 0 Å². The Hall–Kier alpha value is -5.24.